The van der Waals surface area contributed by atoms with Gasteiger partial charge in [-0.1, -0.05) is 6.92 Å². The van der Waals surface area contributed by atoms with E-state index in [1.54, 1.807) is 0 Å². The van der Waals surface area contributed by atoms with Crippen LogP contribution in [0.3, 0.4) is 0 Å². The van der Waals surface area contributed by atoms with Crippen molar-refractivity contribution in [2.45, 2.75) is 32.6 Å². The molecule has 1 rings (SSSR count). The Balaban J connectivity index is 2.29. The zero-order valence-electron chi connectivity index (χ0n) is 10.4. The Hall–Kier alpha value is -1.10. The minimum atomic E-state index is -0.758. The van der Waals surface area contributed by atoms with Gasteiger partial charge in [-0.25, -0.2) is 0 Å². The first-order valence-electron chi connectivity index (χ1n) is 6.22. The molecule has 1 heterocycles. The van der Waals surface area contributed by atoms with E-state index in [9.17, 15) is 9.59 Å². The molecule has 0 aromatic carbocycles. The van der Waals surface area contributed by atoms with Crippen molar-refractivity contribution < 1.29 is 14.7 Å². The van der Waals surface area contributed by atoms with Crippen LogP contribution in [0.1, 0.15) is 32.6 Å². The van der Waals surface area contributed by atoms with Crippen molar-refractivity contribution in [3.05, 3.63) is 0 Å². The molecule has 1 aliphatic rings. The topological polar surface area (TPSA) is 83.6 Å². The summed E-state index contributed by atoms with van der Waals surface area (Å²) in [4.78, 5) is 24.2. The third-order valence-corrected chi connectivity index (χ3v) is 3.33. The molecule has 5 heteroatoms. The summed E-state index contributed by atoms with van der Waals surface area (Å²) in [6, 6.07) is 0. The lowest BCUT2D eigenvalue weighted by Gasteiger charge is -2.18. The first-order chi connectivity index (χ1) is 8.02. The van der Waals surface area contributed by atoms with E-state index < -0.39 is 5.97 Å². The maximum atomic E-state index is 11.9. The van der Waals surface area contributed by atoms with Crippen LogP contribution in [0.4, 0.5) is 0 Å². The number of likely N-dealkylation sites (tertiary alicyclic amines) is 1. The molecule has 0 spiro atoms. The summed E-state index contributed by atoms with van der Waals surface area (Å²) in [6.45, 7) is 3.97. The molecule has 0 bridgehead atoms. The number of hydrogen-bond acceptors (Lipinski definition) is 3. The van der Waals surface area contributed by atoms with Crippen molar-refractivity contribution in [2.24, 2.45) is 17.6 Å². The standard InChI is InChI=1S/C12H22N2O3/c1-9(7-13)6-11(15)14-5-4-10(8-14)2-3-12(16)17/h9-10H,2-8,13H2,1H3,(H,16,17). The van der Waals surface area contributed by atoms with Crippen LogP contribution in [-0.2, 0) is 9.59 Å². The highest BCUT2D eigenvalue weighted by Crippen LogP contribution is 2.22. The fraction of sp³-hybridized carbons (Fsp3) is 0.833. The highest BCUT2D eigenvalue weighted by Gasteiger charge is 2.26. The van der Waals surface area contributed by atoms with Gasteiger partial charge in [-0.2, -0.15) is 0 Å². The molecule has 1 fully saturated rings. The lowest BCUT2D eigenvalue weighted by atomic mass is 10.0. The van der Waals surface area contributed by atoms with Crippen LogP contribution in [0.25, 0.3) is 0 Å². The molecule has 17 heavy (non-hydrogen) atoms. The number of carboxylic acids is 1. The van der Waals surface area contributed by atoms with Gasteiger partial charge in [0, 0.05) is 25.9 Å². The molecule has 1 amide bonds. The summed E-state index contributed by atoms with van der Waals surface area (Å²) in [7, 11) is 0. The second kappa shape index (κ2) is 6.59. The van der Waals surface area contributed by atoms with Crippen LogP contribution in [-0.4, -0.2) is 41.5 Å². The minimum absolute atomic E-state index is 0.153. The van der Waals surface area contributed by atoms with Crippen LogP contribution in [0.2, 0.25) is 0 Å². The lowest BCUT2D eigenvalue weighted by Crippen LogP contribution is -2.31. The quantitative estimate of drug-likeness (QED) is 0.717. The summed E-state index contributed by atoms with van der Waals surface area (Å²) >= 11 is 0. The van der Waals surface area contributed by atoms with Crippen molar-refractivity contribution in [1.82, 2.24) is 4.90 Å². The van der Waals surface area contributed by atoms with Crippen LogP contribution >= 0.6 is 0 Å². The number of amides is 1. The van der Waals surface area contributed by atoms with Gasteiger partial charge in [0.2, 0.25) is 5.91 Å². The Labute approximate surface area is 102 Å². The molecule has 5 nitrogen and oxygen atoms in total. The van der Waals surface area contributed by atoms with E-state index in [1.165, 1.54) is 0 Å². The molecule has 0 saturated carbocycles. The molecule has 3 N–H and O–H groups in total. The van der Waals surface area contributed by atoms with Gasteiger partial charge in [-0.15, -0.1) is 0 Å². The number of rotatable bonds is 6. The molecule has 0 aliphatic carbocycles. The van der Waals surface area contributed by atoms with Crippen molar-refractivity contribution in [2.75, 3.05) is 19.6 Å². The van der Waals surface area contributed by atoms with Gasteiger partial charge in [0.1, 0.15) is 0 Å². The Morgan fingerprint density at radius 2 is 2.24 bits per heavy atom. The molecule has 0 radical (unpaired) electrons. The van der Waals surface area contributed by atoms with Gasteiger partial charge < -0.3 is 15.7 Å². The molecule has 1 saturated heterocycles. The van der Waals surface area contributed by atoms with E-state index in [2.05, 4.69) is 0 Å². The van der Waals surface area contributed by atoms with Crippen molar-refractivity contribution >= 4 is 11.9 Å². The van der Waals surface area contributed by atoms with E-state index in [0.717, 1.165) is 13.0 Å². The Kier molecular flexibility index (Phi) is 5.41. The third-order valence-electron chi connectivity index (χ3n) is 3.33. The van der Waals surface area contributed by atoms with Gasteiger partial charge in [0.15, 0.2) is 0 Å². The van der Waals surface area contributed by atoms with Crippen LogP contribution in [0, 0.1) is 11.8 Å². The predicted octanol–water partition coefficient (Wildman–Crippen LogP) is 0.685. The number of hydrogen-bond donors (Lipinski definition) is 2. The van der Waals surface area contributed by atoms with Crippen LogP contribution in [0.5, 0.6) is 0 Å². The third kappa shape index (κ3) is 4.73. The number of aliphatic carboxylic acids is 1. The van der Waals surface area contributed by atoms with Gasteiger partial charge in [-0.3, -0.25) is 9.59 Å². The van der Waals surface area contributed by atoms with Crippen LogP contribution < -0.4 is 5.73 Å². The smallest absolute Gasteiger partial charge is 0.303 e. The molecular formula is C12H22N2O3. The number of carboxylic acid groups (broad SMARTS) is 1. The van der Waals surface area contributed by atoms with Gasteiger partial charge in [0.25, 0.3) is 0 Å². The van der Waals surface area contributed by atoms with Crippen LogP contribution in [0.15, 0.2) is 0 Å². The van der Waals surface area contributed by atoms with Gasteiger partial charge >= 0.3 is 5.97 Å². The van der Waals surface area contributed by atoms with E-state index in [4.69, 9.17) is 10.8 Å². The van der Waals surface area contributed by atoms with E-state index >= 15 is 0 Å². The van der Waals surface area contributed by atoms with Gasteiger partial charge in [-0.05, 0) is 31.2 Å². The zero-order chi connectivity index (χ0) is 12.8. The second-order valence-corrected chi connectivity index (χ2v) is 4.97. The number of nitrogens with two attached hydrogens (primary N) is 1. The number of carbonyl (C=O) groups excluding carboxylic acids is 1. The summed E-state index contributed by atoms with van der Waals surface area (Å²) in [6.07, 6.45) is 2.30. The highest BCUT2D eigenvalue weighted by molar-refractivity contribution is 5.76. The first-order valence-corrected chi connectivity index (χ1v) is 6.22. The van der Waals surface area contributed by atoms with E-state index in [1.807, 2.05) is 11.8 Å². The van der Waals surface area contributed by atoms with Crippen molar-refractivity contribution in [1.29, 1.82) is 0 Å². The van der Waals surface area contributed by atoms with Gasteiger partial charge in [0.05, 0.1) is 0 Å². The summed E-state index contributed by atoms with van der Waals surface area (Å²) in [5.74, 6) is -0.0314. The normalized spacial score (nSPS) is 21.5. The molecule has 0 aromatic heterocycles. The second-order valence-electron chi connectivity index (χ2n) is 4.97. The summed E-state index contributed by atoms with van der Waals surface area (Å²) < 4.78 is 0. The van der Waals surface area contributed by atoms with Crippen molar-refractivity contribution in [3.63, 3.8) is 0 Å². The lowest BCUT2D eigenvalue weighted by molar-refractivity contribution is -0.137. The fourth-order valence-corrected chi connectivity index (χ4v) is 2.13. The number of nitrogens with zero attached hydrogens (tertiary/aromatic N) is 1. The fourth-order valence-electron chi connectivity index (χ4n) is 2.13. The average Bonchev–Trinajstić information content (AvgIpc) is 2.74. The minimum Gasteiger partial charge on any atom is -0.481 e. The summed E-state index contributed by atoms with van der Waals surface area (Å²) in [5.41, 5.74) is 5.49. The maximum absolute atomic E-state index is 11.9. The Morgan fingerprint density at radius 1 is 1.53 bits per heavy atom. The highest BCUT2D eigenvalue weighted by atomic mass is 16.4. The molecule has 98 valence electrons. The SMILES string of the molecule is CC(CN)CC(=O)N1CCC(CCC(=O)O)C1. The Bertz CT molecular complexity index is 281. The largest absolute Gasteiger partial charge is 0.481 e. The Morgan fingerprint density at radius 3 is 2.82 bits per heavy atom. The molecule has 1 aliphatic heterocycles. The maximum Gasteiger partial charge on any atom is 0.303 e. The monoisotopic (exact) mass is 242 g/mol. The molecular weight excluding hydrogens is 220 g/mol. The van der Waals surface area contributed by atoms with Crippen molar-refractivity contribution in [3.8, 4) is 0 Å². The summed E-state index contributed by atoms with van der Waals surface area (Å²) in [5, 5.41) is 8.61. The molecule has 2 unspecified atom stereocenters. The first kappa shape index (κ1) is 14.0. The predicted molar refractivity (Wildman–Crippen MR) is 64.4 cm³/mol. The zero-order valence-corrected chi connectivity index (χ0v) is 10.4. The average molecular weight is 242 g/mol. The van der Waals surface area contributed by atoms with E-state index in [0.29, 0.717) is 31.8 Å². The van der Waals surface area contributed by atoms with E-state index in [-0.39, 0.29) is 18.2 Å². The molecule has 2 atom stereocenters. The molecule has 0 aromatic rings. The number of carbonyl (C=O) groups is 2.